The lowest BCUT2D eigenvalue weighted by Crippen LogP contribution is -2.38. The van der Waals surface area contributed by atoms with Gasteiger partial charge in [0.1, 0.15) is 5.75 Å². The quantitative estimate of drug-likeness (QED) is 0.930. The Morgan fingerprint density at radius 3 is 2.91 bits per heavy atom. The van der Waals surface area contributed by atoms with Crippen LogP contribution in [0, 0.1) is 18.8 Å². The molecule has 2 N–H and O–H groups in total. The number of nitrogens with zero attached hydrogens (tertiary/aromatic N) is 1. The van der Waals surface area contributed by atoms with Gasteiger partial charge >= 0.3 is 0 Å². The monoisotopic (exact) mass is 302 g/mol. The Bertz CT molecular complexity index is 558. The summed E-state index contributed by atoms with van der Waals surface area (Å²) < 4.78 is 5.34. The summed E-state index contributed by atoms with van der Waals surface area (Å²) in [6.07, 6.45) is 3.99. The van der Waals surface area contributed by atoms with E-state index in [0.29, 0.717) is 18.3 Å². The van der Waals surface area contributed by atoms with Crippen LogP contribution in [0.3, 0.4) is 0 Å². The third kappa shape index (κ3) is 2.98. The first-order chi connectivity index (χ1) is 10.6. The van der Waals surface area contributed by atoms with Gasteiger partial charge in [0.2, 0.25) is 5.91 Å². The van der Waals surface area contributed by atoms with Crippen molar-refractivity contribution in [2.45, 2.75) is 38.6 Å². The van der Waals surface area contributed by atoms with Gasteiger partial charge in [0.05, 0.1) is 13.5 Å². The number of fused-ring (bicyclic) bond motifs is 1. The molecule has 2 aliphatic rings. The van der Waals surface area contributed by atoms with Crippen LogP contribution in [-0.2, 0) is 11.2 Å². The molecule has 4 heteroatoms. The smallest absolute Gasteiger partial charge is 0.227 e. The van der Waals surface area contributed by atoms with Crippen molar-refractivity contribution in [2.75, 3.05) is 20.2 Å². The molecule has 1 saturated carbocycles. The molecular formula is C18H26N2O2. The molecule has 4 nitrogen and oxygen atoms in total. The highest BCUT2D eigenvalue weighted by Crippen LogP contribution is 2.35. The summed E-state index contributed by atoms with van der Waals surface area (Å²) in [5, 5.41) is 0. The SMILES string of the molecule is COc1cc(CC(=O)N2CC3CCCC(N)C3C2)ccc1C. The van der Waals surface area contributed by atoms with Crippen LogP contribution in [0.5, 0.6) is 5.75 Å². The summed E-state index contributed by atoms with van der Waals surface area (Å²) in [7, 11) is 1.67. The number of aryl methyl sites for hydroxylation is 1. The maximum Gasteiger partial charge on any atom is 0.227 e. The standard InChI is InChI=1S/C18H26N2O2/c1-12-6-7-13(8-17(12)22-2)9-18(21)20-10-14-4-3-5-16(19)15(14)11-20/h6-8,14-16H,3-5,9-11,19H2,1-2H3. The van der Waals surface area contributed by atoms with Crippen LogP contribution in [0.25, 0.3) is 0 Å². The number of likely N-dealkylation sites (tertiary alicyclic amines) is 1. The van der Waals surface area contributed by atoms with Crippen molar-refractivity contribution >= 4 is 5.91 Å². The van der Waals surface area contributed by atoms with E-state index in [1.54, 1.807) is 7.11 Å². The minimum absolute atomic E-state index is 0.215. The van der Waals surface area contributed by atoms with Crippen LogP contribution < -0.4 is 10.5 Å². The number of ether oxygens (including phenoxy) is 1. The number of benzene rings is 1. The molecule has 22 heavy (non-hydrogen) atoms. The molecule has 0 aromatic heterocycles. The lowest BCUT2D eigenvalue weighted by Gasteiger charge is -2.29. The molecular weight excluding hydrogens is 276 g/mol. The van der Waals surface area contributed by atoms with E-state index in [-0.39, 0.29) is 11.9 Å². The summed E-state index contributed by atoms with van der Waals surface area (Å²) in [6, 6.07) is 6.28. The van der Waals surface area contributed by atoms with Gasteiger partial charge in [-0.05, 0) is 48.8 Å². The third-order valence-corrected chi connectivity index (χ3v) is 5.33. The number of carbonyl (C=O) groups excluding carboxylic acids is 1. The van der Waals surface area contributed by atoms with Gasteiger partial charge in [0, 0.05) is 19.1 Å². The fourth-order valence-electron chi connectivity index (χ4n) is 3.98. The summed E-state index contributed by atoms with van der Waals surface area (Å²) in [5.74, 6) is 2.18. The van der Waals surface area contributed by atoms with Gasteiger partial charge in [-0.25, -0.2) is 0 Å². The molecule has 120 valence electrons. The highest BCUT2D eigenvalue weighted by atomic mass is 16.5. The van der Waals surface area contributed by atoms with Crippen molar-refractivity contribution in [1.82, 2.24) is 4.90 Å². The predicted molar refractivity (Wildman–Crippen MR) is 86.8 cm³/mol. The first-order valence-electron chi connectivity index (χ1n) is 8.25. The molecule has 0 radical (unpaired) electrons. The van der Waals surface area contributed by atoms with E-state index in [9.17, 15) is 4.79 Å². The Morgan fingerprint density at radius 2 is 2.18 bits per heavy atom. The second-order valence-corrected chi connectivity index (χ2v) is 6.80. The van der Waals surface area contributed by atoms with E-state index in [2.05, 4.69) is 0 Å². The zero-order valence-corrected chi connectivity index (χ0v) is 13.5. The minimum atomic E-state index is 0.215. The van der Waals surface area contributed by atoms with Crippen molar-refractivity contribution in [2.24, 2.45) is 17.6 Å². The fourth-order valence-corrected chi connectivity index (χ4v) is 3.98. The topological polar surface area (TPSA) is 55.6 Å². The average molecular weight is 302 g/mol. The lowest BCUT2D eigenvalue weighted by atomic mass is 9.78. The first-order valence-corrected chi connectivity index (χ1v) is 8.25. The maximum atomic E-state index is 12.6. The fraction of sp³-hybridized carbons (Fsp3) is 0.611. The van der Waals surface area contributed by atoms with E-state index in [1.807, 2.05) is 30.0 Å². The van der Waals surface area contributed by atoms with Crippen molar-refractivity contribution < 1.29 is 9.53 Å². The highest BCUT2D eigenvalue weighted by Gasteiger charge is 2.40. The molecule has 1 aliphatic heterocycles. The van der Waals surface area contributed by atoms with Crippen LogP contribution in [0.4, 0.5) is 0 Å². The third-order valence-electron chi connectivity index (χ3n) is 5.33. The number of nitrogens with two attached hydrogens (primary N) is 1. The number of methoxy groups -OCH3 is 1. The van der Waals surface area contributed by atoms with Gasteiger partial charge < -0.3 is 15.4 Å². The average Bonchev–Trinajstić information content (AvgIpc) is 2.95. The molecule has 1 saturated heterocycles. The van der Waals surface area contributed by atoms with E-state index in [0.717, 1.165) is 36.4 Å². The normalized spacial score (nSPS) is 27.6. The molecule has 1 aromatic carbocycles. The first kappa shape index (κ1) is 15.3. The Balaban J connectivity index is 1.65. The van der Waals surface area contributed by atoms with E-state index >= 15 is 0 Å². The lowest BCUT2D eigenvalue weighted by molar-refractivity contribution is -0.129. The Kier molecular flexibility index (Phi) is 4.39. The van der Waals surface area contributed by atoms with Crippen LogP contribution in [-0.4, -0.2) is 37.0 Å². The largest absolute Gasteiger partial charge is 0.496 e. The summed E-state index contributed by atoms with van der Waals surface area (Å²) in [4.78, 5) is 14.6. The van der Waals surface area contributed by atoms with Crippen molar-refractivity contribution in [3.63, 3.8) is 0 Å². The van der Waals surface area contributed by atoms with Crippen LogP contribution in [0.15, 0.2) is 18.2 Å². The summed E-state index contributed by atoms with van der Waals surface area (Å²) in [6.45, 7) is 3.74. The molecule has 0 spiro atoms. The minimum Gasteiger partial charge on any atom is -0.496 e. The van der Waals surface area contributed by atoms with Gasteiger partial charge in [-0.3, -0.25) is 4.79 Å². The molecule has 3 unspecified atom stereocenters. The second-order valence-electron chi connectivity index (χ2n) is 6.80. The maximum absolute atomic E-state index is 12.6. The van der Waals surface area contributed by atoms with Crippen molar-refractivity contribution in [3.05, 3.63) is 29.3 Å². The van der Waals surface area contributed by atoms with Crippen LogP contribution in [0.2, 0.25) is 0 Å². The molecule has 3 atom stereocenters. The second kappa shape index (κ2) is 6.29. The predicted octanol–water partition coefficient (Wildman–Crippen LogP) is 2.13. The molecule has 1 amide bonds. The molecule has 0 bridgehead atoms. The van der Waals surface area contributed by atoms with Crippen molar-refractivity contribution in [3.8, 4) is 5.75 Å². The highest BCUT2D eigenvalue weighted by molar-refractivity contribution is 5.79. The Morgan fingerprint density at radius 1 is 1.36 bits per heavy atom. The number of amides is 1. The summed E-state index contributed by atoms with van der Waals surface area (Å²) in [5.41, 5.74) is 8.35. The Hall–Kier alpha value is -1.55. The Labute approximate surface area is 132 Å². The van der Waals surface area contributed by atoms with E-state index in [1.165, 1.54) is 12.8 Å². The van der Waals surface area contributed by atoms with Crippen LogP contribution >= 0.6 is 0 Å². The van der Waals surface area contributed by atoms with E-state index in [4.69, 9.17) is 10.5 Å². The van der Waals surface area contributed by atoms with Crippen molar-refractivity contribution in [1.29, 1.82) is 0 Å². The molecule has 1 aromatic rings. The number of hydrogen-bond donors (Lipinski definition) is 1. The van der Waals surface area contributed by atoms with Gasteiger partial charge in [-0.2, -0.15) is 0 Å². The number of rotatable bonds is 3. The number of carbonyl (C=O) groups is 1. The molecule has 3 rings (SSSR count). The zero-order chi connectivity index (χ0) is 15.7. The molecule has 2 fully saturated rings. The van der Waals surface area contributed by atoms with Gasteiger partial charge in [0.25, 0.3) is 0 Å². The van der Waals surface area contributed by atoms with Crippen LogP contribution in [0.1, 0.15) is 30.4 Å². The molecule has 1 aliphatic carbocycles. The molecule has 1 heterocycles. The van der Waals surface area contributed by atoms with Gasteiger partial charge in [-0.15, -0.1) is 0 Å². The van der Waals surface area contributed by atoms with E-state index < -0.39 is 0 Å². The van der Waals surface area contributed by atoms with Gasteiger partial charge in [-0.1, -0.05) is 18.6 Å². The summed E-state index contributed by atoms with van der Waals surface area (Å²) >= 11 is 0. The zero-order valence-electron chi connectivity index (χ0n) is 13.5. The van der Waals surface area contributed by atoms with Gasteiger partial charge in [0.15, 0.2) is 0 Å². The number of hydrogen-bond acceptors (Lipinski definition) is 3.